The van der Waals surface area contributed by atoms with Crippen molar-refractivity contribution in [2.45, 2.75) is 19.1 Å². The monoisotopic (exact) mass is 548 g/mol. The molecule has 2 aliphatic rings. The molecule has 40 heavy (non-hydrogen) atoms. The highest BCUT2D eigenvalue weighted by atomic mass is 16.6. The first-order chi connectivity index (χ1) is 19.4. The third-order valence-corrected chi connectivity index (χ3v) is 6.16. The number of amides is 3. The molecule has 0 spiro atoms. The number of rotatable bonds is 11. The number of hydrogen-bond donors (Lipinski definition) is 4. The summed E-state index contributed by atoms with van der Waals surface area (Å²) in [6.07, 6.45) is -1.26. The van der Waals surface area contributed by atoms with Crippen molar-refractivity contribution in [1.29, 1.82) is 0 Å². The number of pyridine rings is 2. The molecule has 1 fully saturated rings. The van der Waals surface area contributed by atoms with E-state index < -0.39 is 12.2 Å². The lowest BCUT2D eigenvalue weighted by Crippen LogP contribution is -2.29. The van der Waals surface area contributed by atoms with Gasteiger partial charge in [-0.1, -0.05) is 24.3 Å². The standard InChI is InChI=1S/C27H28N6O7/c34-23-16-39-21-7-8-22(31-25(21)32-23)33-15-19(40-27(33)37)9-10-28-14-17-3-1-4-18(13-17)20-5-2-6-24(30-20)38-12-11-29-26(35)36/h1-8,13,19,28-29H,9-12,14-16H2,(H,35,36)(H,31,32,34)/t19-/m0/s1. The SMILES string of the molecule is O=C(O)NCCOc1cccc(-c2cccc(CNCC[C@H]3CN(c4ccc5c(n4)NC(=O)CO5)C(=O)O3)c2)n1. The lowest BCUT2D eigenvalue weighted by atomic mass is 10.1. The minimum absolute atomic E-state index is 0.0616. The number of nitrogens with zero attached hydrogens (tertiary/aromatic N) is 3. The molecule has 208 valence electrons. The number of nitrogens with one attached hydrogen (secondary N) is 3. The van der Waals surface area contributed by atoms with Crippen molar-refractivity contribution < 1.29 is 33.7 Å². The predicted octanol–water partition coefficient (Wildman–Crippen LogP) is 2.63. The maximum absolute atomic E-state index is 12.5. The fraction of sp³-hybridized carbons (Fsp3) is 0.296. The van der Waals surface area contributed by atoms with Gasteiger partial charge in [0, 0.05) is 18.2 Å². The lowest BCUT2D eigenvalue weighted by molar-refractivity contribution is -0.118. The van der Waals surface area contributed by atoms with Crippen LogP contribution in [0.15, 0.2) is 54.6 Å². The fourth-order valence-corrected chi connectivity index (χ4v) is 4.27. The van der Waals surface area contributed by atoms with Crippen molar-refractivity contribution in [3.05, 3.63) is 60.2 Å². The van der Waals surface area contributed by atoms with Crippen LogP contribution < -0.4 is 30.3 Å². The number of anilines is 2. The Hall–Kier alpha value is -4.91. The van der Waals surface area contributed by atoms with Crippen LogP contribution in [-0.4, -0.2) is 72.1 Å². The summed E-state index contributed by atoms with van der Waals surface area (Å²) >= 11 is 0. The highest BCUT2D eigenvalue weighted by molar-refractivity contribution is 5.95. The van der Waals surface area contributed by atoms with E-state index >= 15 is 0 Å². The maximum atomic E-state index is 12.5. The van der Waals surface area contributed by atoms with Crippen LogP contribution in [0.25, 0.3) is 11.3 Å². The van der Waals surface area contributed by atoms with Crippen LogP contribution in [0, 0.1) is 0 Å². The van der Waals surface area contributed by atoms with Gasteiger partial charge in [0.1, 0.15) is 18.5 Å². The minimum Gasteiger partial charge on any atom is -0.480 e. The molecular formula is C27H28N6O7. The summed E-state index contributed by atoms with van der Waals surface area (Å²) < 4.78 is 16.4. The normalized spacial score (nSPS) is 16.0. The molecule has 5 rings (SSSR count). The zero-order valence-electron chi connectivity index (χ0n) is 21.5. The lowest BCUT2D eigenvalue weighted by Gasteiger charge is -2.19. The van der Waals surface area contributed by atoms with Gasteiger partial charge in [-0.2, -0.15) is 0 Å². The van der Waals surface area contributed by atoms with Gasteiger partial charge < -0.3 is 35.3 Å². The van der Waals surface area contributed by atoms with Crippen molar-refractivity contribution >= 4 is 29.7 Å². The predicted molar refractivity (Wildman–Crippen MR) is 143 cm³/mol. The third kappa shape index (κ3) is 6.74. The van der Waals surface area contributed by atoms with Crippen LogP contribution in [0.4, 0.5) is 21.2 Å². The quantitative estimate of drug-likeness (QED) is 0.262. The number of aromatic nitrogens is 2. The summed E-state index contributed by atoms with van der Waals surface area (Å²) in [5.74, 6) is 1.26. The van der Waals surface area contributed by atoms with Gasteiger partial charge in [0.2, 0.25) is 5.88 Å². The van der Waals surface area contributed by atoms with E-state index in [0.29, 0.717) is 43.5 Å². The Labute approximate surface area is 229 Å². The van der Waals surface area contributed by atoms with Crippen LogP contribution in [0.3, 0.4) is 0 Å². The molecule has 0 saturated carbocycles. The molecule has 4 heterocycles. The van der Waals surface area contributed by atoms with E-state index in [1.165, 1.54) is 4.90 Å². The second kappa shape index (κ2) is 12.3. The maximum Gasteiger partial charge on any atom is 0.415 e. The Morgan fingerprint density at radius 3 is 2.88 bits per heavy atom. The molecule has 0 bridgehead atoms. The van der Waals surface area contributed by atoms with Crippen LogP contribution >= 0.6 is 0 Å². The topological polar surface area (TPSA) is 164 Å². The smallest absolute Gasteiger partial charge is 0.415 e. The highest BCUT2D eigenvalue weighted by Gasteiger charge is 2.33. The summed E-state index contributed by atoms with van der Waals surface area (Å²) in [4.78, 5) is 44.9. The van der Waals surface area contributed by atoms with Gasteiger partial charge in [0.05, 0.1) is 18.8 Å². The van der Waals surface area contributed by atoms with Gasteiger partial charge in [-0.25, -0.2) is 19.6 Å². The molecule has 0 aliphatic carbocycles. The molecule has 2 aromatic heterocycles. The fourth-order valence-electron chi connectivity index (χ4n) is 4.27. The first kappa shape index (κ1) is 26.7. The second-order valence-electron chi connectivity index (χ2n) is 9.08. The van der Waals surface area contributed by atoms with Crippen molar-refractivity contribution in [3.8, 4) is 22.9 Å². The Balaban J connectivity index is 1.10. The Morgan fingerprint density at radius 2 is 2.00 bits per heavy atom. The molecule has 0 unspecified atom stereocenters. The van der Waals surface area contributed by atoms with Crippen molar-refractivity contribution in [2.24, 2.45) is 0 Å². The summed E-state index contributed by atoms with van der Waals surface area (Å²) in [5, 5.41) is 16.9. The van der Waals surface area contributed by atoms with E-state index in [-0.39, 0.29) is 37.6 Å². The number of carbonyl (C=O) groups excluding carboxylic acids is 2. The van der Waals surface area contributed by atoms with E-state index in [1.807, 2.05) is 36.4 Å². The van der Waals surface area contributed by atoms with Gasteiger partial charge in [-0.3, -0.25) is 9.69 Å². The molecule has 4 N–H and O–H groups in total. The van der Waals surface area contributed by atoms with Crippen LogP contribution in [-0.2, 0) is 16.1 Å². The van der Waals surface area contributed by atoms with E-state index in [4.69, 9.17) is 19.3 Å². The van der Waals surface area contributed by atoms with Crippen molar-refractivity contribution in [1.82, 2.24) is 20.6 Å². The summed E-state index contributed by atoms with van der Waals surface area (Å²) in [5.41, 5.74) is 2.72. The highest BCUT2D eigenvalue weighted by Crippen LogP contribution is 2.30. The Bertz CT molecular complexity index is 1400. The minimum atomic E-state index is -1.10. The van der Waals surface area contributed by atoms with Gasteiger partial charge in [0.15, 0.2) is 18.2 Å². The van der Waals surface area contributed by atoms with Gasteiger partial charge >= 0.3 is 12.2 Å². The Morgan fingerprint density at radius 1 is 1.12 bits per heavy atom. The number of hydrogen-bond acceptors (Lipinski definition) is 9. The average Bonchev–Trinajstić information content (AvgIpc) is 3.33. The van der Waals surface area contributed by atoms with Crippen LogP contribution in [0.1, 0.15) is 12.0 Å². The second-order valence-corrected chi connectivity index (χ2v) is 9.08. The molecule has 3 aromatic rings. The first-order valence-corrected chi connectivity index (χ1v) is 12.7. The van der Waals surface area contributed by atoms with Gasteiger partial charge in [0.25, 0.3) is 5.91 Å². The molecule has 1 saturated heterocycles. The number of fused-ring (bicyclic) bond motifs is 1. The summed E-state index contributed by atoms with van der Waals surface area (Å²) in [6.45, 7) is 1.88. The van der Waals surface area contributed by atoms with E-state index in [1.54, 1.807) is 18.2 Å². The number of cyclic esters (lactones) is 1. The molecule has 1 aromatic carbocycles. The van der Waals surface area contributed by atoms with E-state index in [0.717, 1.165) is 16.8 Å². The van der Waals surface area contributed by atoms with Crippen molar-refractivity contribution in [3.63, 3.8) is 0 Å². The summed E-state index contributed by atoms with van der Waals surface area (Å²) in [7, 11) is 0. The van der Waals surface area contributed by atoms with E-state index in [9.17, 15) is 14.4 Å². The van der Waals surface area contributed by atoms with Gasteiger partial charge in [-0.05, 0) is 42.8 Å². The van der Waals surface area contributed by atoms with Crippen LogP contribution in [0.2, 0.25) is 0 Å². The van der Waals surface area contributed by atoms with E-state index in [2.05, 4.69) is 25.9 Å². The number of benzene rings is 1. The summed E-state index contributed by atoms with van der Waals surface area (Å²) in [6, 6.07) is 16.7. The Kier molecular flexibility index (Phi) is 8.21. The van der Waals surface area contributed by atoms with Crippen molar-refractivity contribution in [2.75, 3.05) is 43.1 Å². The molecule has 1 atom stereocenters. The number of carbonyl (C=O) groups is 3. The molecule has 13 heteroatoms. The third-order valence-electron chi connectivity index (χ3n) is 6.16. The zero-order valence-corrected chi connectivity index (χ0v) is 21.5. The first-order valence-electron chi connectivity index (χ1n) is 12.7. The largest absolute Gasteiger partial charge is 0.480 e. The molecule has 3 amide bonds. The number of carboxylic acid groups (broad SMARTS) is 1. The molecule has 0 radical (unpaired) electrons. The van der Waals surface area contributed by atoms with Crippen LogP contribution in [0.5, 0.6) is 11.6 Å². The molecular weight excluding hydrogens is 520 g/mol. The average molecular weight is 549 g/mol. The van der Waals surface area contributed by atoms with Gasteiger partial charge in [-0.15, -0.1) is 0 Å². The zero-order chi connectivity index (χ0) is 27.9. The molecule has 13 nitrogen and oxygen atoms in total. The number of ether oxygens (including phenoxy) is 3. The molecule has 2 aliphatic heterocycles.